The molecule has 0 unspecified atom stereocenters. The summed E-state index contributed by atoms with van der Waals surface area (Å²) in [5.41, 5.74) is 0.974. The molecule has 2 aromatic rings. The van der Waals surface area contributed by atoms with Gasteiger partial charge in [-0.05, 0) is 25.1 Å². The standard InChI is InChI=1S/C19H26N4O3S.HI/c1-3-20-19(22-15-16-9-7-8-12-18(16)26-2)21-13-14-23-27(24,25)17-10-5-4-6-11-17;/h4-12,23H,3,13-15H2,1-2H3,(H2,20,21,22);1H. The highest BCUT2D eigenvalue weighted by molar-refractivity contribution is 14.0. The zero-order valence-corrected chi connectivity index (χ0v) is 19.2. The van der Waals surface area contributed by atoms with Gasteiger partial charge in [0.05, 0.1) is 18.6 Å². The van der Waals surface area contributed by atoms with E-state index >= 15 is 0 Å². The number of hydrogen-bond donors (Lipinski definition) is 3. The number of nitrogens with one attached hydrogen (secondary N) is 3. The van der Waals surface area contributed by atoms with Crippen molar-refractivity contribution in [2.45, 2.75) is 18.4 Å². The minimum atomic E-state index is -3.50. The van der Waals surface area contributed by atoms with Crippen LogP contribution in [-0.4, -0.2) is 41.1 Å². The van der Waals surface area contributed by atoms with Crippen molar-refractivity contribution in [1.29, 1.82) is 0 Å². The second kappa shape index (κ2) is 12.6. The Kier molecular flexibility index (Phi) is 10.9. The summed E-state index contributed by atoms with van der Waals surface area (Å²) >= 11 is 0. The zero-order valence-electron chi connectivity index (χ0n) is 16.0. The highest BCUT2D eigenvalue weighted by atomic mass is 127. The molecule has 0 heterocycles. The van der Waals surface area contributed by atoms with Gasteiger partial charge in [0.1, 0.15) is 5.75 Å². The molecule has 2 aromatic carbocycles. The van der Waals surface area contributed by atoms with Gasteiger partial charge in [0.2, 0.25) is 10.0 Å². The zero-order chi connectivity index (χ0) is 19.5. The normalized spacial score (nSPS) is 11.4. The SMILES string of the molecule is CCNC(=NCc1ccccc1OC)NCCNS(=O)(=O)c1ccccc1.I. The average Bonchev–Trinajstić information content (AvgIpc) is 2.70. The number of methoxy groups -OCH3 is 1. The minimum absolute atomic E-state index is 0. The van der Waals surface area contributed by atoms with Crippen LogP contribution in [0.15, 0.2) is 64.5 Å². The Morgan fingerprint density at radius 2 is 1.68 bits per heavy atom. The van der Waals surface area contributed by atoms with Crippen LogP contribution < -0.4 is 20.1 Å². The van der Waals surface area contributed by atoms with E-state index < -0.39 is 10.0 Å². The number of halogens is 1. The topological polar surface area (TPSA) is 91.8 Å². The van der Waals surface area contributed by atoms with Crippen molar-refractivity contribution in [1.82, 2.24) is 15.4 Å². The Balaban J connectivity index is 0.00000392. The maximum atomic E-state index is 12.2. The predicted molar refractivity (Wildman–Crippen MR) is 123 cm³/mol. The number of rotatable bonds is 9. The Labute approximate surface area is 184 Å². The van der Waals surface area contributed by atoms with E-state index in [9.17, 15) is 8.42 Å². The van der Waals surface area contributed by atoms with Crippen molar-refractivity contribution < 1.29 is 13.2 Å². The van der Waals surface area contributed by atoms with Crippen LogP contribution in [-0.2, 0) is 16.6 Å². The van der Waals surface area contributed by atoms with E-state index in [0.717, 1.165) is 11.3 Å². The third-order valence-electron chi connectivity index (χ3n) is 3.71. The molecule has 154 valence electrons. The van der Waals surface area contributed by atoms with Crippen LogP contribution in [0.2, 0.25) is 0 Å². The molecule has 7 nitrogen and oxygen atoms in total. The van der Waals surface area contributed by atoms with E-state index in [1.165, 1.54) is 0 Å². The molecule has 0 saturated heterocycles. The van der Waals surface area contributed by atoms with Gasteiger partial charge >= 0.3 is 0 Å². The second-order valence-electron chi connectivity index (χ2n) is 5.64. The monoisotopic (exact) mass is 518 g/mol. The molecule has 0 aliphatic heterocycles. The van der Waals surface area contributed by atoms with Crippen LogP contribution in [0.1, 0.15) is 12.5 Å². The van der Waals surface area contributed by atoms with Gasteiger partial charge in [-0.2, -0.15) is 0 Å². The van der Waals surface area contributed by atoms with Crippen molar-refractivity contribution in [2.75, 3.05) is 26.7 Å². The van der Waals surface area contributed by atoms with Gasteiger partial charge in [-0.25, -0.2) is 18.1 Å². The first kappa shape index (κ1) is 24.2. The number of nitrogens with zero attached hydrogens (tertiary/aromatic N) is 1. The van der Waals surface area contributed by atoms with E-state index in [1.54, 1.807) is 37.4 Å². The highest BCUT2D eigenvalue weighted by Gasteiger charge is 2.12. The van der Waals surface area contributed by atoms with Crippen LogP contribution in [0, 0.1) is 0 Å². The summed E-state index contributed by atoms with van der Waals surface area (Å²) in [5, 5.41) is 6.26. The van der Waals surface area contributed by atoms with Gasteiger partial charge in [0.15, 0.2) is 5.96 Å². The quantitative estimate of drug-likeness (QED) is 0.205. The Morgan fingerprint density at radius 1 is 1.00 bits per heavy atom. The van der Waals surface area contributed by atoms with Crippen LogP contribution >= 0.6 is 24.0 Å². The number of hydrogen-bond acceptors (Lipinski definition) is 4. The van der Waals surface area contributed by atoms with Crippen LogP contribution in [0.3, 0.4) is 0 Å². The summed E-state index contributed by atoms with van der Waals surface area (Å²) in [6.07, 6.45) is 0. The molecule has 0 fully saturated rings. The maximum absolute atomic E-state index is 12.2. The minimum Gasteiger partial charge on any atom is -0.496 e. The van der Waals surface area contributed by atoms with Crippen molar-refractivity contribution in [2.24, 2.45) is 4.99 Å². The van der Waals surface area contributed by atoms with Crippen LogP contribution in [0.5, 0.6) is 5.75 Å². The first-order valence-corrected chi connectivity index (χ1v) is 10.2. The molecule has 0 aromatic heterocycles. The van der Waals surface area contributed by atoms with Gasteiger partial charge in [0, 0.05) is 25.2 Å². The lowest BCUT2D eigenvalue weighted by molar-refractivity contribution is 0.410. The Morgan fingerprint density at radius 3 is 2.36 bits per heavy atom. The molecule has 0 atom stereocenters. The van der Waals surface area contributed by atoms with Gasteiger partial charge < -0.3 is 15.4 Å². The molecular formula is C19H27IN4O3S. The first-order chi connectivity index (χ1) is 13.1. The second-order valence-corrected chi connectivity index (χ2v) is 7.41. The maximum Gasteiger partial charge on any atom is 0.240 e. The van der Waals surface area contributed by atoms with Gasteiger partial charge in [0.25, 0.3) is 0 Å². The molecule has 28 heavy (non-hydrogen) atoms. The summed E-state index contributed by atoms with van der Waals surface area (Å²) in [6, 6.07) is 16.0. The Bertz CT molecular complexity index is 845. The fraction of sp³-hybridized carbons (Fsp3) is 0.316. The van der Waals surface area contributed by atoms with E-state index in [0.29, 0.717) is 25.6 Å². The lowest BCUT2D eigenvalue weighted by Crippen LogP contribution is -2.41. The molecule has 0 spiro atoms. The first-order valence-electron chi connectivity index (χ1n) is 8.75. The lowest BCUT2D eigenvalue weighted by atomic mass is 10.2. The number of aliphatic imine (C=N–C) groups is 1. The fourth-order valence-electron chi connectivity index (χ4n) is 2.39. The lowest BCUT2D eigenvalue weighted by Gasteiger charge is -2.13. The Hall–Kier alpha value is -1.85. The molecule has 0 saturated carbocycles. The molecule has 3 N–H and O–H groups in total. The van der Waals surface area contributed by atoms with Gasteiger partial charge in [-0.3, -0.25) is 0 Å². The van der Waals surface area contributed by atoms with Crippen LogP contribution in [0.4, 0.5) is 0 Å². The summed E-state index contributed by atoms with van der Waals surface area (Å²) < 4.78 is 32.3. The summed E-state index contributed by atoms with van der Waals surface area (Å²) in [4.78, 5) is 4.77. The van der Waals surface area contributed by atoms with Crippen molar-refractivity contribution in [3.05, 3.63) is 60.2 Å². The summed E-state index contributed by atoms with van der Waals surface area (Å²) in [7, 11) is -1.87. The van der Waals surface area contributed by atoms with Crippen molar-refractivity contribution in [3.63, 3.8) is 0 Å². The number of benzene rings is 2. The van der Waals surface area contributed by atoms with Gasteiger partial charge in [-0.15, -0.1) is 24.0 Å². The highest BCUT2D eigenvalue weighted by Crippen LogP contribution is 2.17. The molecule has 0 bridgehead atoms. The van der Waals surface area contributed by atoms with E-state index in [4.69, 9.17) is 4.74 Å². The van der Waals surface area contributed by atoms with Gasteiger partial charge in [-0.1, -0.05) is 36.4 Å². The number of sulfonamides is 1. The summed E-state index contributed by atoms with van der Waals surface area (Å²) in [6.45, 7) is 3.78. The molecule has 0 amide bonds. The third kappa shape index (κ3) is 7.64. The molecule has 0 aliphatic carbocycles. The summed E-state index contributed by atoms with van der Waals surface area (Å²) in [5.74, 6) is 1.40. The largest absolute Gasteiger partial charge is 0.496 e. The molecule has 2 rings (SSSR count). The number of guanidine groups is 1. The van der Waals surface area contributed by atoms with Crippen molar-refractivity contribution >= 4 is 40.0 Å². The molecule has 0 radical (unpaired) electrons. The molecular weight excluding hydrogens is 491 g/mol. The van der Waals surface area contributed by atoms with Crippen molar-refractivity contribution in [3.8, 4) is 5.75 Å². The number of para-hydroxylation sites is 1. The average molecular weight is 518 g/mol. The van der Waals surface area contributed by atoms with E-state index in [1.807, 2.05) is 31.2 Å². The third-order valence-corrected chi connectivity index (χ3v) is 5.18. The van der Waals surface area contributed by atoms with E-state index in [2.05, 4.69) is 20.3 Å². The molecule has 0 aliphatic rings. The fourth-order valence-corrected chi connectivity index (χ4v) is 3.44. The number of ether oxygens (including phenoxy) is 1. The predicted octanol–water partition coefficient (Wildman–Crippen LogP) is 2.35. The molecule has 9 heteroatoms. The van der Waals surface area contributed by atoms with Crippen LogP contribution in [0.25, 0.3) is 0 Å². The smallest absolute Gasteiger partial charge is 0.240 e. The van der Waals surface area contributed by atoms with E-state index in [-0.39, 0.29) is 35.4 Å².